The standard InChI is InChI=1S/C59H44N4/c1-59(2)48-29-14-15-30-52(48)62(44-24-10-5-11-25-44)55-37-42(32-34-49(55)59)47-28-17-31-53-57(47)56-46-27-13-12-18-39(46)33-35-54(56)63(53)45-26-16-23-43(36-45)51-38-50(40-19-6-3-7-20-40)60-58(61-51)41-21-8-4-9-22-41/h3-38,53,57H,1-2H3. The summed E-state index contributed by atoms with van der Waals surface area (Å²) in [5.41, 5.74) is 17.3. The average Bonchev–Trinajstić information content (AvgIpc) is 3.70. The van der Waals surface area contributed by atoms with E-state index in [1.807, 2.05) is 24.3 Å². The molecule has 1 aliphatic carbocycles. The highest BCUT2D eigenvalue weighted by Gasteiger charge is 2.43. The van der Waals surface area contributed by atoms with Crippen LogP contribution in [0.25, 0.3) is 50.2 Å². The van der Waals surface area contributed by atoms with E-state index < -0.39 is 0 Å². The molecule has 3 heterocycles. The molecule has 0 saturated carbocycles. The Morgan fingerprint density at radius 1 is 0.476 bits per heavy atom. The first-order valence-electron chi connectivity index (χ1n) is 21.9. The van der Waals surface area contributed by atoms with Crippen molar-refractivity contribution in [3.63, 3.8) is 0 Å². The van der Waals surface area contributed by atoms with Gasteiger partial charge >= 0.3 is 0 Å². The highest BCUT2D eigenvalue weighted by molar-refractivity contribution is 5.99. The molecule has 8 aromatic carbocycles. The second-order valence-electron chi connectivity index (χ2n) is 17.4. The first-order chi connectivity index (χ1) is 31.0. The largest absolute Gasteiger partial charge is 0.333 e. The Bertz CT molecular complexity index is 3220. The smallest absolute Gasteiger partial charge is 0.160 e. The van der Waals surface area contributed by atoms with Crippen LogP contribution in [0.3, 0.4) is 0 Å². The first-order valence-corrected chi connectivity index (χ1v) is 21.9. The summed E-state index contributed by atoms with van der Waals surface area (Å²) in [5.74, 6) is 0.795. The Morgan fingerprint density at radius 2 is 1.13 bits per heavy atom. The Hall–Kier alpha value is -7.82. The topological polar surface area (TPSA) is 32.3 Å². The van der Waals surface area contributed by atoms with Gasteiger partial charge in [-0.05, 0) is 87.1 Å². The third-order valence-electron chi connectivity index (χ3n) is 13.4. The van der Waals surface area contributed by atoms with Crippen molar-refractivity contribution in [1.29, 1.82) is 0 Å². The lowest BCUT2D eigenvalue weighted by atomic mass is 9.72. The van der Waals surface area contributed by atoms with Crippen LogP contribution in [0, 0.1) is 0 Å². The lowest BCUT2D eigenvalue weighted by molar-refractivity contribution is 0.631. The minimum absolute atomic E-state index is 0.0460. The molecule has 63 heavy (non-hydrogen) atoms. The maximum absolute atomic E-state index is 5.22. The Labute approximate surface area is 368 Å². The molecule has 4 nitrogen and oxygen atoms in total. The third kappa shape index (κ3) is 6.05. The van der Waals surface area contributed by atoms with E-state index in [0.717, 1.165) is 39.5 Å². The Balaban J connectivity index is 1.00. The molecule has 0 radical (unpaired) electrons. The van der Waals surface area contributed by atoms with Crippen molar-refractivity contribution in [3.05, 3.63) is 241 Å². The molecule has 0 amide bonds. The van der Waals surface area contributed by atoms with Gasteiger partial charge in [-0.25, -0.2) is 9.97 Å². The van der Waals surface area contributed by atoms with Crippen LogP contribution in [-0.4, -0.2) is 16.0 Å². The van der Waals surface area contributed by atoms with Gasteiger partial charge in [-0.2, -0.15) is 0 Å². The number of rotatable bonds is 6. The summed E-state index contributed by atoms with van der Waals surface area (Å²) in [6.45, 7) is 4.73. The van der Waals surface area contributed by atoms with Crippen molar-refractivity contribution in [1.82, 2.24) is 9.97 Å². The quantitative estimate of drug-likeness (QED) is 0.167. The molecule has 1 aromatic heterocycles. The summed E-state index contributed by atoms with van der Waals surface area (Å²) < 4.78 is 0. The molecule has 4 heteroatoms. The van der Waals surface area contributed by atoms with Crippen LogP contribution < -0.4 is 9.80 Å². The van der Waals surface area contributed by atoms with E-state index in [1.165, 1.54) is 55.7 Å². The molecule has 0 saturated heterocycles. The average molecular weight is 809 g/mol. The zero-order valence-electron chi connectivity index (χ0n) is 35.2. The second-order valence-corrected chi connectivity index (χ2v) is 17.4. The summed E-state index contributed by atoms with van der Waals surface area (Å²) in [6.07, 6.45) is 7.04. The molecule has 2 aliphatic heterocycles. The minimum Gasteiger partial charge on any atom is -0.333 e. The Kier molecular flexibility index (Phi) is 8.62. The predicted molar refractivity (Wildman–Crippen MR) is 261 cm³/mol. The van der Waals surface area contributed by atoms with Crippen LogP contribution in [0.5, 0.6) is 0 Å². The molecule has 9 aromatic rings. The number of para-hydroxylation sites is 2. The summed E-state index contributed by atoms with van der Waals surface area (Å²) in [5, 5.41) is 2.54. The lowest BCUT2D eigenvalue weighted by Crippen LogP contribution is -2.31. The van der Waals surface area contributed by atoms with E-state index in [4.69, 9.17) is 9.97 Å². The summed E-state index contributed by atoms with van der Waals surface area (Å²) in [7, 11) is 0. The van der Waals surface area contributed by atoms with Gasteiger partial charge in [0.05, 0.1) is 28.8 Å². The molecule has 0 fully saturated rings. The number of hydrogen-bond donors (Lipinski definition) is 0. The number of benzene rings is 8. The van der Waals surface area contributed by atoms with E-state index in [1.54, 1.807) is 0 Å². The van der Waals surface area contributed by atoms with Gasteiger partial charge in [-0.3, -0.25) is 0 Å². The van der Waals surface area contributed by atoms with Crippen molar-refractivity contribution < 1.29 is 0 Å². The molecule has 0 bridgehead atoms. The molecule has 3 aliphatic rings. The van der Waals surface area contributed by atoms with Crippen molar-refractivity contribution >= 4 is 44.8 Å². The van der Waals surface area contributed by atoms with Gasteiger partial charge in [0.25, 0.3) is 0 Å². The normalized spacial score (nSPS) is 16.8. The zero-order valence-corrected chi connectivity index (χ0v) is 35.2. The van der Waals surface area contributed by atoms with Gasteiger partial charge in [-0.1, -0.05) is 184 Å². The van der Waals surface area contributed by atoms with Gasteiger partial charge in [-0.15, -0.1) is 0 Å². The highest BCUT2D eigenvalue weighted by Crippen LogP contribution is 2.57. The van der Waals surface area contributed by atoms with Crippen LogP contribution in [0.15, 0.2) is 218 Å². The summed E-state index contributed by atoms with van der Waals surface area (Å²) in [4.78, 5) is 15.3. The zero-order chi connectivity index (χ0) is 42.1. The van der Waals surface area contributed by atoms with Gasteiger partial charge in [0, 0.05) is 45.1 Å². The van der Waals surface area contributed by atoms with Crippen molar-refractivity contribution in [2.24, 2.45) is 0 Å². The van der Waals surface area contributed by atoms with E-state index in [0.29, 0.717) is 5.82 Å². The van der Waals surface area contributed by atoms with Crippen LogP contribution in [0.2, 0.25) is 0 Å². The van der Waals surface area contributed by atoms with Crippen molar-refractivity contribution in [2.45, 2.75) is 31.2 Å². The maximum Gasteiger partial charge on any atom is 0.160 e. The van der Waals surface area contributed by atoms with E-state index in [2.05, 4.69) is 218 Å². The van der Waals surface area contributed by atoms with Gasteiger partial charge in [0.2, 0.25) is 0 Å². The fourth-order valence-electron chi connectivity index (χ4n) is 10.4. The molecular formula is C59H44N4. The number of hydrogen-bond acceptors (Lipinski definition) is 4. The monoisotopic (exact) mass is 808 g/mol. The van der Waals surface area contributed by atoms with E-state index in [9.17, 15) is 0 Å². The molecule has 0 spiro atoms. The molecule has 0 N–H and O–H groups in total. The molecule has 12 rings (SSSR count). The fourth-order valence-corrected chi connectivity index (χ4v) is 10.4. The highest BCUT2D eigenvalue weighted by atomic mass is 15.2. The molecule has 2 atom stereocenters. The SMILES string of the molecule is CC1(C)c2ccccc2N(c2ccccc2)c2cc(C3=CC=CC4C3c3c(ccc5ccccc35)N4c3cccc(-c4cc(-c5ccccc5)nc(-c5ccccc5)n4)c3)ccc21. The summed E-state index contributed by atoms with van der Waals surface area (Å²) in [6, 6.07) is 72.2. The number of allylic oxidation sites excluding steroid dienone is 2. The minimum atomic E-state index is -0.176. The number of fused-ring (bicyclic) bond motifs is 7. The second kappa shape index (κ2) is 14.7. The third-order valence-corrected chi connectivity index (χ3v) is 13.4. The molecular weight excluding hydrogens is 765 g/mol. The first kappa shape index (κ1) is 37.0. The molecule has 300 valence electrons. The number of anilines is 5. The Morgan fingerprint density at radius 3 is 1.94 bits per heavy atom. The number of nitrogens with zero attached hydrogens (tertiary/aromatic N) is 4. The van der Waals surface area contributed by atoms with Crippen LogP contribution in [-0.2, 0) is 5.41 Å². The van der Waals surface area contributed by atoms with E-state index in [-0.39, 0.29) is 17.4 Å². The maximum atomic E-state index is 5.22. The van der Waals surface area contributed by atoms with Gasteiger partial charge in [0.1, 0.15) is 0 Å². The molecule has 2 unspecified atom stereocenters. The van der Waals surface area contributed by atoms with Crippen LogP contribution in [0.4, 0.5) is 28.4 Å². The van der Waals surface area contributed by atoms with Crippen molar-refractivity contribution in [3.8, 4) is 33.9 Å². The fraction of sp³-hybridized carbons (Fsp3) is 0.0847. The van der Waals surface area contributed by atoms with Gasteiger partial charge in [0.15, 0.2) is 5.82 Å². The van der Waals surface area contributed by atoms with Gasteiger partial charge < -0.3 is 9.80 Å². The number of aromatic nitrogens is 2. The van der Waals surface area contributed by atoms with Crippen LogP contribution in [0.1, 0.15) is 42.0 Å². The van der Waals surface area contributed by atoms with E-state index >= 15 is 0 Å². The summed E-state index contributed by atoms with van der Waals surface area (Å²) >= 11 is 0. The lowest BCUT2D eigenvalue weighted by Gasteiger charge is -2.42. The van der Waals surface area contributed by atoms with Crippen LogP contribution >= 0.6 is 0 Å². The van der Waals surface area contributed by atoms with Crippen molar-refractivity contribution in [2.75, 3.05) is 9.80 Å². The predicted octanol–water partition coefficient (Wildman–Crippen LogP) is 15.0.